The molecule has 1 aromatic carbocycles. The number of amides is 2. The standard InChI is InChI=1S/C16H25N3O2/c1-5-17-15(20)11-19(6-2)13(4)16(21)18-14-9-7-8-12(3)10-14/h7-10,13H,5-6,11H2,1-4H3,(H,17,20)(H,18,21)/p+1/t13-/m0/s1. The van der Waals surface area contributed by atoms with E-state index in [4.69, 9.17) is 0 Å². The Morgan fingerprint density at radius 3 is 2.57 bits per heavy atom. The topological polar surface area (TPSA) is 62.6 Å². The van der Waals surface area contributed by atoms with Crippen LogP contribution in [0.4, 0.5) is 5.69 Å². The summed E-state index contributed by atoms with van der Waals surface area (Å²) in [6.07, 6.45) is 0. The Balaban J connectivity index is 2.64. The molecule has 1 unspecified atom stereocenters. The van der Waals surface area contributed by atoms with Gasteiger partial charge in [0.1, 0.15) is 0 Å². The van der Waals surface area contributed by atoms with E-state index in [0.29, 0.717) is 13.1 Å². The Morgan fingerprint density at radius 2 is 2.00 bits per heavy atom. The minimum atomic E-state index is -0.280. The van der Waals surface area contributed by atoms with E-state index in [-0.39, 0.29) is 17.9 Å². The van der Waals surface area contributed by atoms with E-state index < -0.39 is 0 Å². The number of carbonyl (C=O) groups excluding carboxylic acids is 2. The maximum absolute atomic E-state index is 12.3. The zero-order chi connectivity index (χ0) is 15.8. The minimum Gasteiger partial charge on any atom is -0.351 e. The molecule has 1 aromatic rings. The summed E-state index contributed by atoms with van der Waals surface area (Å²) < 4.78 is 0. The molecule has 21 heavy (non-hydrogen) atoms. The lowest BCUT2D eigenvalue weighted by atomic mass is 10.2. The molecule has 0 fully saturated rings. The fraction of sp³-hybridized carbons (Fsp3) is 0.500. The van der Waals surface area contributed by atoms with Crippen LogP contribution in [0.2, 0.25) is 0 Å². The zero-order valence-corrected chi connectivity index (χ0v) is 13.3. The van der Waals surface area contributed by atoms with Gasteiger partial charge in [-0.3, -0.25) is 9.59 Å². The maximum Gasteiger partial charge on any atom is 0.282 e. The summed E-state index contributed by atoms with van der Waals surface area (Å²) in [7, 11) is 0. The monoisotopic (exact) mass is 292 g/mol. The average Bonchev–Trinajstić information content (AvgIpc) is 2.44. The smallest absolute Gasteiger partial charge is 0.282 e. The fourth-order valence-electron chi connectivity index (χ4n) is 2.21. The van der Waals surface area contributed by atoms with Crippen molar-refractivity contribution >= 4 is 17.5 Å². The summed E-state index contributed by atoms with van der Waals surface area (Å²) >= 11 is 0. The van der Waals surface area contributed by atoms with E-state index in [9.17, 15) is 9.59 Å². The molecule has 3 N–H and O–H groups in total. The molecule has 0 saturated heterocycles. The summed E-state index contributed by atoms with van der Waals surface area (Å²) in [6, 6.07) is 7.41. The first-order valence-corrected chi connectivity index (χ1v) is 7.46. The Hall–Kier alpha value is -1.88. The van der Waals surface area contributed by atoms with Crippen molar-refractivity contribution in [3.8, 4) is 0 Å². The number of anilines is 1. The third-order valence-corrected chi connectivity index (χ3v) is 3.51. The van der Waals surface area contributed by atoms with Gasteiger partial charge in [-0.15, -0.1) is 0 Å². The molecular formula is C16H26N3O2+. The molecule has 1 rings (SSSR count). The molecule has 5 heteroatoms. The molecular weight excluding hydrogens is 266 g/mol. The highest BCUT2D eigenvalue weighted by molar-refractivity contribution is 5.93. The Kier molecular flexibility index (Phi) is 6.88. The first-order chi connectivity index (χ1) is 9.97. The van der Waals surface area contributed by atoms with Gasteiger partial charge in [-0.05, 0) is 45.4 Å². The van der Waals surface area contributed by atoms with Crippen LogP contribution in [0.3, 0.4) is 0 Å². The van der Waals surface area contributed by atoms with Gasteiger partial charge in [-0.25, -0.2) is 0 Å². The summed E-state index contributed by atoms with van der Waals surface area (Å²) in [6.45, 7) is 9.34. The lowest BCUT2D eigenvalue weighted by Gasteiger charge is -2.23. The van der Waals surface area contributed by atoms with Crippen molar-refractivity contribution in [2.45, 2.75) is 33.7 Å². The number of hydrogen-bond donors (Lipinski definition) is 3. The number of carbonyl (C=O) groups is 2. The van der Waals surface area contributed by atoms with E-state index in [0.717, 1.165) is 22.7 Å². The zero-order valence-electron chi connectivity index (χ0n) is 13.3. The van der Waals surface area contributed by atoms with Gasteiger partial charge in [0.15, 0.2) is 12.6 Å². The highest BCUT2D eigenvalue weighted by Gasteiger charge is 2.25. The molecule has 0 saturated carbocycles. The number of nitrogens with one attached hydrogen (secondary N) is 3. The largest absolute Gasteiger partial charge is 0.351 e. The van der Waals surface area contributed by atoms with E-state index in [2.05, 4.69) is 10.6 Å². The molecule has 2 atom stereocenters. The predicted octanol–water partition coefficient (Wildman–Crippen LogP) is 0.363. The summed E-state index contributed by atoms with van der Waals surface area (Å²) in [4.78, 5) is 24.9. The summed E-state index contributed by atoms with van der Waals surface area (Å²) in [5.41, 5.74) is 1.89. The highest BCUT2D eigenvalue weighted by Crippen LogP contribution is 2.09. The van der Waals surface area contributed by atoms with Crippen molar-refractivity contribution in [2.24, 2.45) is 0 Å². The van der Waals surface area contributed by atoms with E-state index >= 15 is 0 Å². The first-order valence-electron chi connectivity index (χ1n) is 7.46. The second kappa shape index (κ2) is 8.42. The SMILES string of the molecule is CCNC(=O)C[NH+](CC)[C@@H](C)C(=O)Nc1cccc(C)c1. The lowest BCUT2D eigenvalue weighted by molar-refractivity contribution is -0.904. The molecule has 2 amide bonds. The highest BCUT2D eigenvalue weighted by atomic mass is 16.2. The van der Waals surface area contributed by atoms with Gasteiger partial charge in [0, 0.05) is 12.2 Å². The van der Waals surface area contributed by atoms with Crippen LogP contribution in [0, 0.1) is 6.92 Å². The maximum atomic E-state index is 12.3. The number of likely N-dealkylation sites (N-methyl/N-ethyl adjacent to an activating group) is 2. The molecule has 0 aliphatic heterocycles. The van der Waals surface area contributed by atoms with Crippen LogP contribution >= 0.6 is 0 Å². The van der Waals surface area contributed by atoms with Gasteiger partial charge < -0.3 is 15.5 Å². The summed E-state index contributed by atoms with van der Waals surface area (Å²) in [5.74, 6) is -0.0914. The lowest BCUT2D eigenvalue weighted by Crippen LogP contribution is -3.17. The van der Waals surface area contributed by atoms with Crippen LogP contribution in [0.1, 0.15) is 26.3 Å². The number of quaternary nitrogens is 1. The van der Waals surface area contributed by atoms with Crippen molar-refractivity contribution in [1.82, 2.24) is 5.32 Å². The fourth-order valence-corrected chi connectivity index (χ4v) is 2.21. The van der Waals surface area contributed by atoms with Gasteiger partial charge in [0.2, 0.25) is 0 Å². The van der Waals surface area contributed by atoms with Crippen LogP contribution in [-0.2, 0) is 9.59 Å². The molecule has 116 valence electrons. The Morgan fingerprint density at radius 1 is 1.29 bits per heavy atom. The van der Waals surface area contributed by atoms with Crippen LogP contribution < -0.4 is 15.5 Å². The van der Waals surface area contributed by atoms with Crippen LogP contribution in [0.5, 0.6) is 0 Å². The molecule has 0 aromatic heterocycles. The van der Waals surface area contributed by atoms with Crippen molar-refractivity contribution in [3.05, 3.63) is 29.8 Å². The van der Waals surface area contributed by atoms with Gasteiger partial charge in [0.25, 0.3) is 11.8 Å². The average molecular weight is 292 g/mol. The van der Waals surface area contributed by atoms with Crippen LogP contribution in [0.25, 0.3) is 0 Å². The second-order valence-corrected chi connectivity index (χ2v) is 5.22. The van der Waals surface area contributed by atoms with E-state index in [1.807, 2.05) is 52.0 Å². The predicted molar refractivity (Wildman–Crippen MR) is 84.3 cm³/mol. The van der Waals surface area contributed by atoms with E-state index in [1.165, 1.54) is 0 Å². The molecule has 0 aliphatic carbocycles. The molecule has 0 heterocycles. The third-order valence-electron chi connectivity index (χ3n) is 3.51. The van der Waals surface area contributed by atoms with Crippen molar-refractivity contribution in [1.29, 1.82) is 0 Å². The normalized spacial score (nSPS) is 13.3. The number of benzene rings is 1. The van der Waals surface area contributed by atoms with Gasteiger partial charge in [-0.1, -0.05) is 12.1 Å². The van der Waals surface area contributed by atoms with Crippen LogP contribution in [-0.4, -0.2) is 37.5 Å². The molecule has 5 nitrogen and oxygen atoms in total. The van der Waals surface area contributed by atoms with Crippen molar-refractivity contribution < 1.29 is 14.5 Å². The van der Waals surface area contributed by atoms with Gasteiger partial charge in [0.05, 0.1) is 6.54 Å². The third kappa shape index (κ3) is 5.55. The second-order valence-electron chi connectivity index (χ2n) is 5.22. The van der Waals surface area contributed by atoms with Crippen molar-refractivity contribution in [2.75, 3.05) is 25.0 Å². The quantitative estimate of drug-likeness (QED) is 0.679. The summed E-state index contributed by atoms with van der Waals surface area (Å²) in [5, 5.41) is 5.68. The molecule has 0 radical (unpaired) electrons. The van der Waals surface area contributed by atoms with Crippen molar-refractivity contribution in [3.63, 3.8) is 0 Å². The molecule has 0 aliphatic rings. The van der Waals surface area contributed by atoms with E-state index in [1.54, 1.807) is 0 Å². The molecule has 0 bridgehead atoms. The van der Waals surface area contributed by atoms with Gasteiger partial charge >= 0.3 is 0 Å². The number of rotatable bonds is 7. The molecule has 0 spiro atoms. The first kappa shape index (κ1) is 17.2. The van der Waals surface area contributed by atoms with Gasteiger partial charge in [-0.2, -0.15) is 0 Å². The number of aryl methyl sites for hydroxylation is 1. The Labute approximate surface area is 126 Å². The van der Waals surface area contributed by atoms with Crippen LogP contribution in [0.15, 0.2) is 24.3 Å². The number of hydrogen-bond acceptors (Lipinski definition) is 2. The Bertz CT molecular complexity index is 488. The minimum absolute atomic E-state index is 0.0236.